The number of hydrogen-bond acceptors (Lipinski definition) is 6. The summed E-state index contributed by atoms with van der Waals surface area (Å²) < 4.78 is 16.8. The van der Waals surface area contributed by atoms with Crippen LogP contribution in [0.3, 0.4) is 0 Å². The van der Waals surface area contributed by atoms with Crippen LogP contribution in [-0.2, 0) is 28.6 Å². The van der Waals surface area contributed by atoms with Crippen LogP contribution in [0.5, 0.6) is 0 Å². The van der Waals surface area contributed by atoms with Gasteiger partial charge in [0.25, 0.3) is 0 Å². The van der Waals surface area contributed by atoms with Crippen molar-refractivity contribution in [3.05, 3.63) is 146 Å². The summed E-state index contributed by atoms with van der Waals surface area (Å²) in [5.74, 6) is -1.01. The molecule has 0 aromatic rings. The first-order valence-electron chi connectivity index (χ1n) is 30.8. The van der Waals surface area contributed by atoms with Gasteiger partial charge in [-0.2, -0.15) is 0 Å². The number of esters is 3. The fraction of sp³-hybridized carbons (Fsp3) is 0.614. The molecule has 1 unspecified atom stereocenters. The lowest BCUT2D eigenvalue weighted by molar-refractivity contribution is -0.167. The molecule has 0 fully saturated rings. The maximum absolute atomic E-state index is 12.9. The molecule has 0 aliphatic carbocycles. The third kappa shape index (κ3) is 60.2. The van der Waals surface area contributed by atoms with Gasteiger partial charge in [-0.15, -0.1) is 0 Å². The molecular formula is C70H112O6. The predicted molar refractivity (Wildman–Crippen MR) is 329 cm³/mol. The van der Waals surface area contributed by atoms with Crippen LogP contribution >= 0.6 is 0 Å². The number of unbranched alkanes of at least 4 members (excludes halogenated alkanes) is 19. The Morgan fingerprint density at radius 1 is 0.276 bits per heavy atom. The lowest BCUT2D eigenvalue weighted by atomic mass is 10.0. The Hall–Kier alpha value is -4.71. The third-order valence-electron chi connectivity index (χ3n) is 12.6. The molecule has 0 saturated heterocycles. The minimum Gasteiger partial charge on any atom is -0.462 e. The van der Waals surface area contributed by atoms with Crippen LogP contribution < -0.4 is 0 Å². The first-order valence-corrected chi connectivity index (χ1v) is 30.8. The number of carbonyl (C=O) groups is 3. The van der Waals surface area contributed by atoms with Crippen molar-refractivity contribution in [2.75, 3.05) is 13.2 Å². The molecule has 0 bridgehead atoms. The second kappa shape index (κ2) is 62.8. The van der Waals surface area contributed by atoms with Gasteiger partial charge in [0.1, 0.15) is 13.2 Å². The summed E-state index contributed by atoms with van der Waals surface area (Å²) >= 11 is 0. The van der Waals surface area contributed by atoms with E-state index < -0.39 is 6.10 Å². The van der Waals surface area contributed by atoms with E-state index in [1.165, 1.54) is 83.5 Å². The number of allylic oxidation sites excluding steroid dienone is 24. The smallest absolute Gasteiger partial charge is 0.306 e. The number of rotatable bonds is 54. The van der Waals surface area contributed by atoms with Crippen molar-refractivity contribution in [3.8, 4) is 0 Å². The zero-order valence-corrected chi connectivity index (χ0v) is 49.0. The summed E-state index contributed by atoms with van der Waals surface area (Å²) in [5.41, 5.74) is 0. The highest BCUT2D eigenvalue weighted by Crippen LogP contribution is 2.15. The Morgan fingerprint density at radius 2 is 0.526 bits per heavy atom. The molecule has 0 radical (unpaired) electrons. The van der Waals surface area contributed by atoms with E-state index in [1.54, 1.807) is 0 Å². The first-order chi connectivity index (χ1) is 37.5. The predicted octanol–water partition coefficient (Wildman–Crippen LogP) is 21.2. The number of ether oxygens (including phenoxy) is 3. The topological polar surface area (TPSA) is 78.9 Å². The van der Waals surface area contributed by atoms with E-state index in [-0.39, 0.29) is 44.0 Å². The molecule has 0 rings (SSSR count). The lowest BCUT2D eigenvalue weighted by Crippen LogP contribution is -2.30. The van der Waals surface area contributed by atoms with Crippen LogP contribution in [0.1, 0.15) is 258 Å². The second-order valence-electron chi connectivity index (χ2n) is 19.9. The molecule has 1 atom stereocenters. The maximum atomic E-state index is 12.9. The first kappa shape index (κ1) is 71.3. The van der Waals surface area contributed by atoms with Gasteiger partial charge in [0.2, 0.25) is 0 Å². The zero-order valence-electron chi connectivity index (χ0n) is 49.0. The molecule has 0 aromatic heterocycles. The highest BCUT2D eigenvalue weighted by atomic mass is 16.6. The van der Waals surface area contributed by atoms with E-state index in [9.17, 15) is 14.4 Å². The highest BCUT2D eigenvalue weighted by Gasteiger charge is 2.19. The number of carbonyl (C=O) groups excluding carboxylic acids is 3. The summed E-state index contributed by atoms with van der Waals surface area (Å²) in [6.07, 6.45) is 89.9. The average molecular weight is 1050 g/mol. The quantitative estimate of drug-likeness (QED) is 0.0261. The number of hydrogen-bond donors (Lipinski definition) is 0. The normalized spacial score (nSPS) is 13.1. The minimum absolute atomic E-state index is 0.113. The molecule has 428 valence electrons. The molecule has 6 nitrogen and oxygen atoms in total. The molecule has 76 heavy (non-hydrogen) atoms. The van der Waals surface area contributed by atoms with Crippen molar-refractivity contribution in [2.24, 2.45) is 0 Å². The summed E-state index contributed by atoms with van der Waals surface area (Å²) in [5, 5.41) is 0. The Morgan fingerprint density at radius 3 is 0.855 bits per heavy atom. The molecule has 0 aliphatic heterocycles. The monoisotopic (exact) mass is 1050 g/mol. The van der Waals surface area contributed by atoms with Gasteiger partial charge in [0.15, 0.2) is 6.10 Å². The van der Waals surface area contributed by atoms with E-state index in [0.29, 0.717) is 19.3 Å². The van der Waals surface area contributed by atoms with E-state index in [2.05, 4.69) is 167 Å². The molecule has 0 aliphatic rings. The molecule has 0 N–H and O–H groups in total. The minimum atomic E-state index is -0.825. The van der Waals surface area contributed by atoms with Crippen LogP contribution in [0.4, 0.5) is 0 Å². The van der Waals surface area contributed by atoms with Crippen molar-refractivity contribution in [1.29, 1.82) is 0 Å². The summed E-state index contributed by atoms with van der Waals surface area (Å²) in [6, 6.07) is 0. The Balaban J connectivity index is 4.56. The Kier molecular flexibility index (Phi) is 58.9. The molecule has 0 spiro atoms. The van der Waals surface area contributed by atoms with E-state index in [4.69, 9.17) is 14.2 Å². The van der Waals surface area contributed by atoms with Gasteiger partial charge in [-0.1, -0.05) is 269 Å². The van der Waals surface area contributed by atoms with Crippen molar-refractivity contribution in [1.82, 2.24) is 0 Å². The van der Waals surface area contributed by atoms with E-state index >= 15 is 0 Å². The molecule has 6 heteroatoms. The van der Waals surface area contributed by atoms with Gasteiger partial charge in [-0.05, 0) is 116 Å². The molecular weight excluding hydrogens is 937 g/mol. The molecule has 0 heterocycles. The van der Waals surface area contributed by atoms with Crippen LogP contribution in [0.15, 0.2) is 146 Å². The van der Waals surface area contributed by atoms with Crippen LogP contribution in [0.25, 0.3) is 0 Å². The Bertz CT molecular complexity index is 1680. The third-order valence-corrected chi connectivity index (χ3v) is 12.6. The van der Waals surface area contributed by atoms with Crippen molar-refractivity contribution in [3.63, 3.8) is 0 Å². The summed E-state index contributed by atoms with van der Waals surface area (Å²) in [6.45, 7) is 6.34. The summed E-state index contributed by atoms with van der Waals surface area (Å²) in [4.78, 5) is 38.3. The van der Waals surface area contributed by atoms with Gasteiger partial charge in [0, 0.05) is 19.3 Å². The van der Waals surface area contributed by atoms with E-state index in [1.807, 2.05) is 0 Å². The fourth-order valence-corrected chi connectivity index (χ4v) is 8.05. The van der Waals surface area contributed by atoms with Crippen LogP contribution in [-0.4, -0.2) is 37.2 Å². The fourth-order valence-electron chi connectivity index (χ4n) is 8.05. The van der Waals surface area contributed by atoms with Crippen molar-refractivity contribution < 1.29 is 28.6 Å². The van der Waals surface area contributed by atoms with Gasteiger partial charge in [-0.3, -0.25) is 14.4 Å². The van der Waals surface area contributed by atoms with Crippen molar-refractivity contribution >= 4 is 17.9 Å². The largest absolute Gasteiger partial charge is 0.462 e. The lowest BCUT2D eigenvalue weighted by Gasteiger charge is -2.18. The van der Waals surface area contributed by atoms with Gasteiger partial charge in [0.05, 0.1) is 0 Å². The van der Waals surface area contributed by atoms with Gasteiger partial charge in [-0.25, -0.2) is 0 Å². The highest BCUT2D eigenvalue weighted by molar-refractivity contribution is 5.71. The second-order valence-corrected chi connectivity index (χ2v) is 19.9. The van der Waals surface area contributed by atoms with Crippen LogP contribution in [0.2, 0.25) is 0 Å². The SMILES string of the molecule is CC/C=C\C/C=C\C/C=C\C/C=C\C/C=C\C/C=C\C/C=C\CCCC(=O)OCC(COC(=O)CCCCCCCCCCCCCCCCCC)OC(=O)CCCCC/C=C\C/C=C\C/C=C\C/C=C\C/C=C\CC. The molecule has 0 amide bonds. The van der Waals surface area contributed by atoms with Crippen LogP contribution in [0, 0.1) is 0 Å². The van der Waals surface area contributed by atoms with E-state index in [0.717, 1.165) is 122 Å². The average Bonchev–Trinajstić information content (AvgIpc) is 3.42. The van der Waals surface area contributed by atoms with Gasteiger partial charge < -0.3 is 14.2 Å². The Labute approximate surface area is 467 Å². The standard InChI is InChI=1S/C70H112O6/c1-4-7-10-13-16-19-22-25-28-31-33-34-35-36-38-39-42-45-48-51-54-57-60-63-69(72)75-66-67(65-74-68(71)62-59-56-53-50-47-44-41-30-27-24-21-18-15-12-9-6-3)76-70(73)64-61-58-55-52-49-46-43-40-37-32-29-26-23-20-17-14-11-8-5-2/h7-8,10-11,16-17,19-20,25-26,28-29,33-34,36-38,40,42,45-46,49,51,54,67H,4-6,9,12-15,18,21-24,27,30-32,35,39,41,43-44,47-48,50,52-53,55-66H2,1-3H3/b10-7-,11-8-,19-16-,20-17-,28-25-,29-26-,34-33-,38-36-,40-37-,45-42-,49-46-,54-51-. The summed E-state index contributed by atoms with van der Waals surface area (Å²) in [7, 11) is 0. The van der Waals surface area contributed by atoms with Crippen molar-refractivity contribution in [2.45, 2.75) is 264 Å². The van der Waals surface area contributed by atoms with Gasteiger partial charge >= 0.3 is 17.9 Å². The molecule has 0 saturated carbocycles. The molecule has 0 aromatic carbocycles. The maximum Gasteiger partial charge on any atom is 0.306 e. The zero-order chi connectivity index (χ0) is 55.0.